The molecule has 1 atom stereocenters. The van der Waals surface area contributed by atoms with Crippen LogP contribution in [0.25, 0.3) is 33.5 Å². The maximum absolute atomic E-state index is 14.7. The average Bonchev–Trinajstić information content (AvgIpc) is 3.41. The number of hydrogen-bond acceptors (Lipinski definition) is 4. The molecule has 0 saturated carbocycles. The van der Waals surface area contributed by atoms with Crippen LogP contribution in [0.4, 0.5) is 13.2 Å². The largest absolute Gasteiger partial charge is 0.338 e. The van der Waals surface area contributed by atoms with E-state index in [9.17, 15) is 18.0 Å². The van der Waals surface area contributed by atoms with Crippen LogP contribution in [0.15, 0.2) is 48.5 Å². The third kappa shape index (κ3) is 3.93. The van der Waals surface area contributed by atoms with Crippen molar-refractivity contribution in [3.8, 4) is 22.5 Å². The Bertz CT molecular complexity index is 1360. The fraction of sp³-hybridized carbons (Fsp3) is 0.217. The van der Waals surface area contributed by atoms with Crippen molar-refractivity contribution < 1.29 is 18.0 Å². The van der Waals surface area contributed by atoms with Gasteiger partial charge >= 0.3 is 0 Å². The first-order valence-electron chi connectivity index (χ1n) is 10.3. The Labute approximate surface area is 191 Å². The monoisotopic (exact) mass is 471 g/mol. The number of alkyl halides is 1. The molecular weight excluding hydrogens is 455 g/mol. The third-order valence-electron chi connectivity index (χ3n) is 5.60. The highest BCUT2D eigenvalue weighted by molar-refractivity contribution is 6.38. The van der Waals surface area contributed by atoms with Gasteiger partial charge in [-0.1, -0.05) is 41.9 Å². The Morgan fingerprint density at radius 2 is 1.88 bits per heavy atom. The number of likely N-dealkylation sites (tertiary alicyclic amines) is 1. The van der Waals surface area contributed by atoms with E-state index >= 15 is 0 Å². The second kappa shape index (κ2) is 8.47. The molecule has 3 heterocycles. The van der Waals surface area contributed by atoms with Crippen LogP contribution in [0.1, 0.15) is 6.42 Å². The molecule has 1 aliphatic heterocycles. The maximum atomic E-state index is 14.7. The van der Waals surface area contributed by atoms with Gasteiger partial charge in [0.2, 0.25) is 5.91 Å². The summed E-state index contributed by atoms with van der Waals surface area (Å²) >= 11 is 6.70. The Balaban J connectivity index is 1.68. The SMILES string of the molecule is O=C(Cn1nc(-c2cc(F)ccc2F)c2c(Cl)c(-c3ccccc3)nnc21)N1CC[C@@H](F)C1. The first kappa shape index (κ1) is 21.4. The van der Waals surface area contributed by atoms with Gasteiger partial charge in [0.05, 0.1) is 17.0 Å². The van der Waals surface area contributed by atoms with Gasteiger partial charge in [0.15, 0.2) is 5.65 Å². The number of hydrogen-bond donors (Lipinski definition) is 0. The summed E-state index contributed by atoms with van der Waals surface area (Å²) in [4.78, 5) is 14.1. The molecular formula is C23H17ClF3N5O. The quantitative estimate of drug-likeness (QED) is 0.434. The van der Waals surface area contributed by atoms with Gasteiger partial charge in [-0.2, -0.15) is 5.10 Å². The number of carbonyl (C=O) groups excluding carboxylic acids is 1. The van der Waals surface area contributed by atoms with Gasteiger partial charge in [0, 0.05) is 17.7 Å². The summed E-state index contributed by atoms with van der Waals surface area (Å²) in [6, 6.07) is 12.0. The van der Waals surface area contributed by atoms with Gasteiger partial charge in [0.25, 0.3) is 0 Å². The van der Waals surface area contributed by atoms with E-state index in [1.165, 1.54) is 9.58 Å². The van der Waals surface area contributed by atoms with Gasteiger partial charge in [-0.25, -0.2) is 17.9 Å². The Kier molecular flexibility index (Phi) is 5.49. The summed E-state index contributed by atoms with van der Waals surface area (Å²) in [6.07, 6.45) is -0.792. The second-order valence-corrected chi connectivity index (χ2v) is 8.16. The molecule has 4 aromatic rings. The van der Waals surface area contributed by atoms with Crippen LogP contribution in [0.2, 0.25) is 5.02 Å². The number of rotatable bonds is 4. The molecule has 1 fully saturated rings. The van der Waals surface area contributed by atoms with E-state index in [0.717, 1.165) is 18.2 Å². The summed E-state index contributed by atoms with van der Waals surface area (Å²) in [7, 11) is 0. The molecule has 10 heteroatoms. The molecule has 33 heavy (non-hydrogen) atoms. The van der Waals surface area contributed by atoms with Crippen molar-refractivity contribution in [2.45, 2.75) is 19.1 Å². The van der Waals surface area contributed by atoms with E-state index < -0.39 is 17.8 Å². The highest BCUT2D eigenvalue weighted by Crippen LogP contribution is 2.38. The zero-order valence-electron chi connectivity index (χ0n) is 17.2. The van der Waals surface area contributed by atoms with Gasteiger partial charge < -0.3 is 4.90 Å². The first-order chi connectivity index (χ1) is 15.9. The van der Waals surface area contributed by atoms with Crippen molar-refractivity contribution >= 4 is 28.5 Å². The zero-order chi connectivity index (χ0) is 23.1. The molecule has 2 aromatic heterocycles. The van der Waals surface area contributed by atoms with Crippen LogP contribution in [0, 0.1) is 11.6 Å². The molecule has 0 bridgehead atoms. The lowest BCUT2D eigenvalue weighted by atomic mass is 10.1. The number of nitrogens with zero attached hydrogens (tertiary/aromatic N) is 5. The lowest BCUT2D eigenvalue weighted by Gasteiger charge is -2.15. The van der Waals surface area contributed by atoms with Crippen molar-refractivity contribution in [2.75, 3.05) is 13.1 Å². The summed E-state index contributed by atoms with van der Waals surface area (Å²) in [6.45, 7) is 0.0407. The Morgan fingerprint density at radius 1 is 1.09 bits per heavy atom. The van der Waals surface area contributed by atoms with E-state index in [1.54, 1.807) is 24.3 Å². The molecule has 0 aliphatic carbocycles. The summed E-state index contributed by atoms with van der Waals surface area (Å²) < 4.78 is 43.5. The lowest BCUT2D eigenvalue weighted by molar-refractivity contribution is -0.131. The molecule has 0 radical (unpaired) electrons. The molecule has 2 aromatic carbocycles. The normalized spacial score (nSPS) is 16.0. The molecule has 5 rings (SSSR count). The van der Waals surface area contributed by atoms with E-state index in [2.05, 4.69) is 15.3 Å². The van der Waals surface area contributed by atoms with Gasteiger partial charge in [-0.05, 0) is 24.6 Å². The molecule has 0 unspecified atom stereocenters. The highest BCUT2D eigenvalue weighted by atomic mass is 35.5. The number of benzene rings is 2. The number of carbonyl (C=O) groups is 1. The fourth-order valence-electron chi connectivity index (χ4n) is 3.95. The molecule has 0 spiro atoms. The van der Waals surface area contributed by atoms with Crippen molar-refractivity contribution in [1.82, 2.24) is 24.9 Å². The average molecular weight is 472 g/mol. The lowest BCUT2D eigenvalue weighted by Crippen LogP contribution is -2.32. The van der Waals surface area contributed by atoms with Crippen LogP contribution in [-0.4, -0.2) is 50.0 Å². The maximum Gasteiger partial charge on any atom is 0.244 e. The molecule has 1 saturated heterocycles. The molecule has 168 valence electrons. The molecule has 0 N–H and O–H groups in total. The summed E-state index contributed by atoms with van der Waals surface area (Å²) in [5.74, 6) is -1.73. The molecule has 6 nitrogen and oxygen atoms in total. The topological polar surface area (TPSA) is 63.9 Å². The van der Waals surface area contributed by atoms with Gasteiger partial charge in [-0.15, -0.1) is 10.2 Å². The van der Waals surface area contributed by atoms with E-state index in [4.69, 9.17) is 11.6 Å². The van der Waals surface area contributed by atoms with E-state index in [1.807, 2.05) is 6.07 Å². The van der Waals surface area contributed by atoms with Crippen LogP contribution in [0.3, 0.4) is 0 Å². The number of fused-ring (bicyclic) bond motifs is 1. The van der Waals surface area contributed by atoms with E-state index in [0.29, 0.717) is 17.8 Å². The molecule has 1 aliphatic rings. The predicted molar refractivity (Wildman–Crippen MR) is 117 cm³/mol. The van der Waals surface area contributed by atoms with Crippen LogP contribution < -0.4 is 0 Å². The first-order valence-corrected chi connectivity index (χ1v) is 10.7. The van der Waals surface area contributed by atoms with Gasteiger partial charge in [-0.3, -0.25) is 4.79 Å². The standard InChI is InChI=1S/C23H17ClF3N5O/c24-20-19-22(16-10-14(25)6-7-17(16)27)30-32(12-18(33)31-9-8-15(26)11-31)23(19)29-28-21(20)13-4-2-1-3-5-13/h1-7,10,15H,8-9,11-12H2/t15-/m1/s1. The van der Waals surface area contributed by atoms with Crippen molar-refractivity contribution in [1.29, 1.82) is 0 Å². The van der Waals surface area contributed by atoms with Gasteiger partial charge in [0.1, 0.15) is 35.7 Å². The minimum Gasteiger partial charge on any atom is -0.338 e. The van der Waals surface area contributed by atoms with Crippen molar-refractivity contribution in [3.63, 3.8) is 0 Å². The minimum atomic E-state index is -1.07. The fourth-order valence-corrected chi connectivity index (χ4v) is 4.27. The van der Waals surface area contributed by atoms with Crippen LogP contribution in [-0.2, 0) is 11.3 Å². The summed E-state index contributed by atoms with van der Waals surface area (Å²) in [5.41, 5.74) is 1.08. The van der Waals surface area contributed by atoms with Crippen molar-refractivity contribution in [3.05, 3.63) is 65.2 Å². The summed E-state index contributed by atoms with van der Waals surface area (Å²) in [5, 5.41) is 13.2. The molecule has 1 amide bonds. The number of halogens is 4. The Hall–Kier alpha value is -3.46. The highest BCUT2D eigenvalue weighted by Gasteiger charge is 2.28. The number of aromatic nitrogens is 4. The van der Waals surface area contributed by atoms with E-state index in [-0.39, 0.29) is 52.7 Å². The van der Waals surface area contributed by atoms with Crippen molar-refractivity contribution in [2.24, 2.45) is 0 Å². The van der Waals surface area contributed by atoms with Crippen LogP contribution >= 0.6 is 11.6 Å². The smallest absolute Gasteiger partial charge is 0.244 e. The third-order valence-corrected chi connectivity index (χ3v) is 5.96. The number of amides is 1. The minimum absolute atomic E-state index is 0.00794. The van der Waals surface area contributed by atoms with Crippen LogP contribution in [0.5, 0.6) is 0 Å². The predicted octanol–water partition coefficient (Wildman–Crippen LogP) is 4.66. The Morgan fingerprint density at radius 3 is 2.61 bits per heavy atom. The zero-order valence-corrected chi connectivity index (χ0v) is 17.9. The second-order valence-electron chi connectivity index (χ2n) is 7.78.